The molecule has 2 aromatic carbocycles. The summed E-state index contributed by atoms with van der Waals surface area (Å²) < 4.78 is 5.94. The van der Waals surface area contributed by atoms with Crippen molar-refractivity contribution in [2.45, 2.75) is 46.0 Å². The summed E-state index contributed by atoms with van der Waals surface area (Å²) in [4.78, 5) is 30.7. The van der Waals surface area contributed by atoms with Crippen molar-refractivity contribution in [2.75, 3.05) is 0 Å². The third-order valence-corrected chi connectivity index (χ3v) is 6.54. The van der Waals surface area contributed by atoms with Crippen LogP contribution in [-0.2, 0) is 0 Å². The Morgan fingerprint density at radius 2 is 1.58 bits per heavy atom. The molecule has 1 saturated carbocycles. The number of carbonyl (C=O) groups excluding carboxylic acids is 2. The van der Waals surface area contributed by atoms with E-state index in [0.717, 1.165) is 22.0 Å². The van der Waals surface area contributed by atoms with Gasteiger partial charge in [-0.3, -0.25) is 9.59 Å². The van der Waals surface area contributed by atoms with Crippen molar-refractivity contribution in [2.24, 2.45) is 10.9 Å². The lowest BCUT2D eigenvalue weighted by atomic mass is 9.86. The summed E-state index contributed by atoms with van der Waals surface area (Å²) in [6.07, 6.45) is 7.75. The van der Waals surface area contributed by atoms with Crippen molar-refractivity contribution in [1.29, 1.82) is 0 Å². The Labute approximate surface area is 181 Å². The van der Waals surface area contributed by atoms with Gasteiger partial charge in [-0.05, 0) is 67.7 Å². The summed E-state index contributed by atoms with van der Waals surface area (Å²) in [6, 6.07) is 13.2. The Morgan fingerprint density at radius 1 is 0.968 bits per heavy atom. The lowest BCUT2D eigenvalue weighted by Gasteiger charge is -2.21. The minimum Gasteiger partial charge on any atom is -0.439 e. The molecule has 0 bridgehead atoms. The highest BCUT2D eigenvalue weighted by atomic mass is 16.4. The Bertz CT molecular complexity index is 1210. The van der Waals surface area contributed by atoms with Gasteiger partial charge in [0.15, 0.2) is 11.6 Å². The smallest absolute Gasteiger partial charge is 0.222 e. The number of hydrogen-bond acceptors (Lipinski definition) is 4. The first-order chi connectivity index (χ1) is 15.0. The molecule has 2 aliphatic rings. The third kappa shape index (κ3) is 3.56. The summed E-state index contributed by atoms with van der Waals surface area (Å²) in [5, 5.41) is 1.90. The molecule has 0 unspecified atom stereocenters. The summed E-state index contributed by atoms with van der Waals surface area (Å²) >= 11 is 0. The van der Waals surface area contributed by atoms with Gasteiger partial charge in [-0.1, -0.05) is 43.5 Å². The van der Waals surface area contributed by atoms with Crippen LogP contribution in [0, 0.1) is 12.8 Å². The molecule has 0 N–H and O–H groups in total. The molecule has 4 heteroatoms. The van der Waals surface area contributed by atoms with Crippen LogP contribution < -0.4 is 0 Å². The average Bonchev–Trinajstić information content (AvgIpc) is 3.24. The molecule has 1 fully saturated rings. The van der Waals surface area contributed by atoms with Crippen molar-refractivity contribution < 1.29 is 14.0 Å². The molecule has 0 spiro atoms. The molecule has 0 saturated heterocycles. The van der Waals surface area contributed by atoms with Crippen LogP contribution in [0.15, 0.2) is 57.4 Å². The van der Waals surface area contributed by atoms with Crippen molar-refractivity contribution in [3.8, 4) is 0 Å². The zero-order valence-corrected chi connectivity index (χ0v) is 17.9. The number of carbonyl (C=O) groups is 2. The van der Waals surface area contributed by atoms with Crippen LogP contribution in [0.25, 0.3) is 16.8 Å². The highest BCUT2D eigenvalue weighted by Crippen LogP contribution is 2.34. The van der Waals surface area contributed by atoms with E-state index in [2.05, 4.69) is 6.92 Å². The Kier molecular flexibility index (Phi) is 4.93. The number of allylic oxidation sites excluding steroid dienone is 1. The first-order valence-corrected chi connectivity index (χ1v) is 11.0. The molecule has 5 rings (SSSR count). The van der Waals surface area contributed by atoms with Crippen LogP contribution in [0.1, 0.15) is 71.1 Å². The van der Waals surface area contributed by atoms with Crippen LogP contribution in [-0.4, -0.2) is 17.3 Å². The van der Waals surface area contributed by atoms with Crippen LogP contribution in [0.4, 0.5) is 5.88 Å². The largest absolute Gasteiger partial charge is 0.439 e. The minimum absolute atomic E-state index is 0.151. The van der Waals surface area contributed by atoms with E-state index in [0.29, 0.717) is 28.7 Å². The highest BCUT2D eigenvalue weighted by Gasteiger charge is 2.33. The van der Waals surface area contributed by atoms with Crippen LogP contribution in [0.5, 0.6) is 0 Å². The molecule has 0 radical (unpaired) electrons. The standard InChI is InChI=1S/C27H25NO3/c1-16-12-21(31-27(16)28-17(2)18-8-4-3-5-9-18)15-24-25(29)22-13-19-10-6-7-11-20(19)14-23(22)26(24)30/h6-7,10-15,18H,3-5,8-9H2,1-2H3. The second-order valence-corrected chi connectivity index (χ2v) is 8.69. The van der Waals surface area contributed by atoms with Gasteiger partial charge in [0.2, 0.25) is 5.88 Å². The van der Waals surface area contributed by atoms with Crippen LogP contribution in [0.3, 0.4) is 0 Å². The van der Waals surface area contributed by atoms with E-state index >= 15 is 0 Å². The maximum Gasteiger partial charge on any atom is 0.222 e. The monoisotopic (exact) mass is 411 g/mol. The van der Waals surface area contributed by atoms with Crippen LogP contribution in [0.2, 0.25) is 0 Å². The maximum atomic E-state index is 13.0. The Balaban J connectivity index is 1.47. The molecule has 4 nitrogen and oxygen atoms in total. The van der Waals surface area contributed by atoms with Crippen molar-refractivity contribution in [1.82, 2.24) is 0 Å². The number of Topliss-reactive ketones (excluding diaryl/α,β-unsaturated/α-hetero) is 2. The van der Waals surface area contributed by atoms with Gasteiger partial charge in [-0.15, -0.1) is 0 Å². The highest BCUT2D eigenvalue weighted by molar-refractivity contribution is 6.42. The zero-order valence-electron chi connectivity index (χ0n) is 17.9. The SMILES string of the molecule is CC(=Nc1oc(C=C2C(=O)c3cc4ccccc4cc3C2=O)cc1C)C1CCCCC1. The Hall–Kier alpha value is -3.27. The minimum atomic E-state index is -0.247. The number of rotatable bonds is 3. The van der Waals surface area contributed by atoms with E-state index in [4.69, 9.17) is 9.41 Å². The van der Waals surface area contributed by atoms with Gasteiger partial charge in [0.1, 0.15) is 5.76 Å². The van der Waals surface area contributed by atoms with E-state index in [1.165, 1.54) is 32.1 Å². The average molecular weight is 412 g/mol. The molecule has 1 aromatic heterocycles. The molecule has 156 valence electrons. The lowest BCUT2D eigenvalue weighted by molar-refractivity contribution is 0.0990. The second kappa shape index (κ2) is 7.77. The van der Waals surface area contributed by atoms with Gasteiger partial charge in [0.05, 0.1) is 5.57 Å². The van der Waals surface area contributed by atoms with Gasteiger partial charge in [-0.2, -0.15) is 0 Å². The number of hydrogen-bond donors (Lipinski definition) is 0. The number of aliphatic imine (C=N–C) groups is 1. The first-order valence-electron chi connectivity index (χ1n) is 11.0. The first kappa shape index (κ1) is 19.7. The fraction of sp³-hybridized carbons (Fsp3) is 0.296. The summed E-state index contributed by atoms with van der Waals surface area (Å²) in [5.74, 6) is 1.07. The molecular weight excluding hydrogens is 386 g/mol. The topological polar surface area (TPSA) is 59.6 Å². The van der Waals surface area contributed by atoms with Gasteiger partial charge >= 0.3 is 0 Å². The predicted octanol–water partition coefficient (Wildman–Crippen LogP) is 6.88. The normalized spacial score (nSPS) is 17.5. The van der Waals surface area contributed by atoms with Crippen LogP contribution >= 0.6 is 0 Å². The van der Waals surface area contributed by atoms with Gasteiger partial charge < -0.3 is 4.42 Å². The molecule has 0 aliphatic heterocycles. The maximum absolute atomic E-state index is 13.0. The third-order valence-electron chi connectivity index (χ3n) is 6.54. The number of nitrogens with zero attached hydrogens (tertiary/aromatic N) is 1. The fourth-order valence-electron chi connectivity index (χ4n) is 4.73. The van der Waals surface area contributed by atoms with Crippen molar-refractivity contribution in [3.63, 3.8) is 0 Å². The van der Waals surface area contributed by atoms with E-state index in [9.17, 15) is 9.59 Å². The lowest BCUT2D eigenvalue weighted by Crippen LogP contribution is -2.14. The van der Waals surface area contributed by atoms with Gasteiger partial charge in [0.25, 0.3) is 0 Å². The molecule has 0 atom stereocenters. The molecule has 31 heavy (non-hydrogen) atoms. The van der Waals surface area contributed by atoms with E-state index in [1.807, 2.05) is 49.4 Å². The van der Waals surface area contributed by atoms with Crippen molar-refractivity contribution in [3.05, 3.63) is 70.5 Å². The second-order valence-electron chi connectivity index (χ2n) is 8.69. The molecule has 2 aliphatic carbocycles. The number of ketones is 2. The number of aryl methyl sites for hydroxylation is 1. The summed E-state index contributed by atoms with van der Waals surface area (Å²) in [7, 11) is 0. The zero-order chi connectivity index (χ0) is 21.5. The quantitative estimate of drug-likeness (QED) is 0.268. The molecule has 3 aromatic rings. The fourth-order valence-corrected chi connectivity index (χ4v) is 4.73. The van der Waals surface area contributed by atoms with Gasteiger partial charge in [-0.25, -0.2) is 4.99 Å². The number of benzene rings is 2. The van der Waals surface area contributed by atoms with Gasteiger partial charge in [0, 0.05) is 22.4 Å². The molecular formula is C27H25NO3. The predicted molar refractivity (Wildman–Crippen MR) is 123 cm³/mol. The summed E-state index contributed by atoms with van der Waals surface area (Å²) in [6.45, 7) is 4.01. The van der Waals surface area contributed by atoms with E-state index in [1.54, 1.807) is 6.08 Å². The number of furan rings is 1. The number of fused-ring (bicyclic) bond motifs is 2. The van der Waals surface area contributed by atoms with E-state index < -0.39 is 0 Å². The van der Waals surface area contributed by atoms with E-state index in [-0.39, 0.29) is 17.1 Å². The Morgan fingerprint density at radius 3 is 2.19 bits per heavy atom. The molecule has 1 heterocycles. The molecule has 0 amide bonds. The summed E-state index contributed by atoms with van der Waals surface area (Å²) in [5.41, 5.74) is 3.08. The van der Waals surface area contributed by atoms with Crippen molar-refractivity contribution >= 4 is 40.0 Å².